The zero-order valence-electron chi connectivity index (χ0n) is 12.9. The molecule has 6 heteroatoms. The number of nitrogens with two attached hydrogens (primary N) is 1. The van der Waals surface area contributed by atoms with Crippen LogP contribution in [0.5, 0.6) is 0 Å². The van der Waals surface area contributed by atoms with Crippen molar-refractivity contribution in [2.45, 2.75) is 26.3 Å². The van der Waals surface area contributed by atoms with Crippen LogP contribution in [-0.2, 0) is 16.1 Å². The molecule has 0 spiro atoms. The highest BCUT2D eigenvalue weighted by Crippen LogP contribution is 2.20. The molecule has 0 bridgehead atoms. The molecule has 1 aromatic rings. The number of benzene rings is 1. The lowest BCUT2D eigenvalue weighted by atomic mass is 9.99. The number of urea groups is 1. The largest absolute Gasteiger partial charge is 0.466 e. The average Bonchev–Trinajstić information content (AvgIpc) is 2.53. The number of hydrogen-bond acceptors (Lipinski definition) is 4. The number of nitrogens with zero attached hydrogens (tertiary/aromatic N) is 2. The van der Waals surface area contributed by atoms with E-state index in [2.05, 4.69) is 0 Å². The molecule has 1 atom stereocenters. The summed E-state index contributed by atoms with van der Waals surface area (Å²) < 4.78 is 5.09. The Morgan fingerprint density at radius 2 is 2.09 bits per heavy atom. The Balaban J connectivity index is 2.04. The second-order valence-corrected chi connectivity index (χ2v) is 5.39. The first-order chi connectivity index (χ1) is 10.6. The van der Waals surface area contributed by atoms with Crippen molar-refractivity contribution in [1.82, 2.24) is 10.0 Å². The zero-order valence-corrected chi connectivity index (χ0v) is 12.9. The van der Waals surface area contributed by atoms with Crippen LogP contribution < -0.4 is 5.73 Å². The molecular formula is C16H23N3O3. The van der Waals surface area contributed by atoms with E-state index in [1.54, 1.807) is 6.92 Å². The molecule has 1 unspecified atom stereocenters. The molecule has 2 rings (SSSR count). The highest BCUT2D eigenvalue weighted by Gasteiger charge is 2.31. The number of hydrazine groups is 1. The smallest absolute Gasteiger partial charge is 0.329 e. The van der Waals surface area contributed by atoms with Gasteiger partial charge >= 0.3 is 12.0 Å². The summed E-state index contributed by atoms with van der Waals surface area (Å²) in [5.74, 6) is -0.400. The molecule has 0 radical (unpaired) electrons. The second kappa shape index (κ2) is 7.79. The van der Waals surface area contributed by atoms with Crippen molar-refractivity contribution in [3.63, 3.8) is 0 Å². The maximum absolute atomic E-state index is 11.9. The summed E-state index contributed by atoms with van der Waals surface area (Å²) >= 11 is 0. The Kier molecular flexibility index (Phi) is 5.77. The number of rotatable bonds is 5. The van der Waals surface area contributed by atoms with Gasteiger partial charge in [0, 0.05) is 13.1 Å². The van der Waals surface area contributed by atoms with Gasteiger partial charge in [-0.15, -0.1) is 0 Å². The molecule has 1 fully saturated rings. The molecule has 1 aromatic carbocycles. The fourth-order valence-corrected chi connectivity index (χ4v) is 2.70. The van der Waals surface area contributed by atoms with Crippen molar-refractivity contribution in [2.75, 3.05) is 19.7 Å². The van der Waals surface area contributed by atoms with Crippen LogP contribution in [-0.4, -0.2) is 41.7 Å². The molecule has 0 saturated carbocycles. The molecule has 120 valence electrons. The van der Waals surface area contributed by atoms with Crippen LogP contribution in [0.2, 0.25) is 0 Å². The van der Waals surface area contributed by atoms with Crippen molar-refractivity contribution in [1.29, 1.82) is 0 Å². The summed E-state index contributed by atoms with van der Waals surface area (Å²) in [4.78, 5) is 23.7. The van der Waals surface area contributed by atoms with Crippen molar-refractivity contribution in [3.05, 3.63) is 35.9 Å². The van der Waals surface area contributed by atoms with Gasteiger partial charge in [-0.25, -0.2) is 9.80 Å². The first-order valence-corrected chi connectivity index (χ1v) is 7.64. The Labute approximate surface area is 130 Å². The SMILES string of the molecule is CCOC(=O)C1CCCN(N(Cc2ccccc2)C(N)=O)C1. The van der Waals surface area contributed by atoms with Crippen LogP contribution >= 0.6 is 0 Å². The van der Waals surface area contributed by atoms with Gasteiger partial charge in [0.15, 0.2) is 0 Å². The van der Waals surface area contributed by atoms with Gasteiger partial charge in [0.25, 0.3) is 0 Å². The summed E-state index contributed by atoms with van der Waals surface area (Å²) in [6.07, 6.45) is 1.62. The molecule has 0 aromatic heterocycles. The Hall–Kier alpha value is -2.08. The van der Waals surface area contributed by atoms with E-state index in [1.807, 2.05) is 35.3 Å². The fraction of sp³-hybridized carbons (Fsp3) is 0.500. The number of carbonyl (C=O) groups is 2. The van der Waals surface area contributed by atoms with Gasteiger partial charge in [0.05, 0.1) is 19.1 Å². The second-order valence-electron chi connectivity index (χ2n) is 5.39. The predicted octanol–water partition coefficient (Wildman–Crippen LogP) is 1.76. The third-order valence-electron chi connectivity index (χ3n) is 3.79. The van der Waals surface area contributed by atoms with Crippen LogP contribution in [0.15, 0.2) is 30.3 Å². The number of primary amides is 1. The van der Waals surface area contributed by atoms with E-state index < -0.39 is 6.03 Å². The zero-order chi connectivity index (χ0) is 15.9. The maximum atomic E-state index is 11.9. The van der Waals surface area contributed by atoms with Crippen LogP contribution in [0, 0.1) is 5.92 Å². The van der Waals surface area contributed by atoms with Crippen LogP contribution in [0.25, 0.3) is 0 Å². The Morgan fingerprint density at radius 3 is 2.73 bits per heavy atom. The van der Waals surface area contributed by atoms with E-state index in [0.717, 1.165) is 18.4 Å². The van der Waals surface area contributed by atoms with Gasteiger partial charge in [0.1, 0.15) is 0 Å². The van der Waals surface area contributed by atoms with E-state index in [9.17, 15) is 9.59 Å². The molecule has 22 heavy (non-hydrogen) atoms. The van der Waals surface area contributed by atoms with Gasteiger partial charge in [-0.3, -0.25) is 9.80 Å². The minimum absolute atomic E-state index is 0.198. The minimum Gasteiger partial charge on any atom is -0.466 e. The molecule has 0 aliphatic carbocycles. The molecule has 1 aliphatic heterocycles. The van der Waals surface area contributed by atoms with Gasteiger partial charge in [-0.05, 0) is 25.3 Å². The van der Waals surface area contributed by atoms with Crippen LogP contribution in [0.3, 0.4) is 0 Å². The number of piperidine rings is 1. The highest BCUT2D eigenvalue weighted by molar-refractivity contribution is 5.73. The highest BCUT2D eigenvalue weighted by atomic mass is 16.5. The van der Waals surface area contributed by atoms with Gasteiger partial charge in [-0.2, -0.15) is 0 Å². The van der Waals surface area contributed by atoms with Crippen molar-refractivity contribution >= 4 is 12.0 Å². The normalized spacial score (nSPS) is 18.7. The monoisotopic (exact) mass is 305 g/mol. The van der Waals surface area contributed by atoms with Crippen LogP contribution in [0.4, 0.5) is 4.79 Å². The van der Waals surface area contributed by atoms with E-state index in [1.165, 1.54) is 5.01 Å². The van der Waals surface area contributed by atoms with E-state index in [-0.39, 0.29) is 11.9 Å². The molecular weight excluding hydrogens is 282 g/mol. The number of esters is 1. The van der Waals surface area contributed by atoms with Gasteiger partial charge in [-0.1, -0.05) is 30.3 Å². The Morgan fingerprint density at radius 1 is 1.36 bits per heavy atom. The predicted molar refractivity (Wildman–Crippen MR) is 82.5 cm³/mol. The third kappa shape index (κ3) is 4.21. The van der Waals surface area contributed by atoms with Crippen molar-refractivity contribution in [2.24, 2.45) is 11.7 Å². The van der Waals surface area contributed by atoms with E-state index in [0.29, 0.717) is 26.2 Å². The number of ether oxygens (including phenoxy) is 1. The van der Waals surface area contributed by atoms with Crippen molar-refractivity contribution in [3.8, 4) is 0 Å². The maximum Gasteiger partial charge on any atom is 0.329 e. The van der Waals surface area contributed by atoms with Gasteiger partial charge in [0.2, 0.25) is 0 Å². The fourth-order valence-electron chi connectivity index (χ4n) is 2.70. The lowest BCUT2D eigenvalue weighted by molar-refractivity contribution is -0.152. The molecule has 2 N–H and O–H groups in total. The summed E-state index contributed by atoms with van der Waals surface area (Å²) in [6.45, 7) is 3.76. The molecule has 1 heterocycles. The van der Waals surface area contributed by atoms with E-state index >= 15 is 0 Å². The summed E-state index contributed by atoms with van der Waals surface area (Å²) in [7, 11) is 0. The van der Waals surface area contributed by atoms with Crippen LogP contribution in [0.1, 0.15) is 25.3 Å². The van der Waals surface area contributed by atoms with Crippen molar-refractivity contribution < 1.29 is 14.3 Å². The Bertz CT molecular complexity index is 507. The lowest BCUT2D eigenvalue weighted by Gasteiger charge is -2.38. The number of carbonyl (C=O) groups excluding carboxylic acids is 2. The molecule has 1 aliphatic rings. The van der Waals surface area contributed by atoms with Gasteiger partial charge < -0.3 is 10.5 Å². The molecule has 2 amide bonds. The average molecular weight is 305 g/mol. The first kappa shape index (κ1) is 16.3. The molecule has 1 saturated heterocycles. The first-order valence-electron chi connectivity index (χ1n) is 7.64. The summed E-state index contributed by atoms with van der Waals surface area (Å²) in [5, 5.41) is 3.38. The lowest BCUT2D eigenvalue weighted by Crippen LogP contribution is -2.53. The topological polar surface area (TPSA) is 75.9 Å². The summed E-state index contributed by atoms with van der Waals surface area (Å²) in [6, 6.07) is 9.16. The standard InChI is InChI=1S/C16H23N3O3/c1-2-22-15(20)14-9-6-10-18(12-14)19(16(17)21)11-13-7-4-3-5-8-13/h3-5,7-8,14H,2,6,9-12H2,1H3,(H2,17,21). The summed E-state index contributed by atoms with van der Waals surface area (Å²) in [5.41, 5.74) is 6.52. The molecule has 6 nitrogen and oxygen atoms in total. The van der Waals surface area contributed by atoms with E-state index in [4.69, 9.17) is 10.5 Å². The quantitative estimate of drug-likeness (QED) is 0.841. The minimum atomic E-state index is -0.506. The third-order valence-corrected chi connectivity index (χ3v) is 3.79. The number of amides is 2. The number of hydrogen-bond donors (Lipinski definition) is 1.